The second kappa shape index (κ2) is 24.3. The zero-order valence-electron chi connectivity index (χ0n) is 6.50. The minimum Gasteiger partial charge on any atom is -0.483 e. The number of aliphatic hydroxyl groups excluding tert-OH is 1. The van der Waals surface area contributed by atoms with Gasteiger partial charge in [0.15, 0.2) is 0 Å². The van der Waals surface area contributed by atoms with Gasteiger partial charge in [-0.05, 0) is 6.92 Å². The highest BCUT2D eigenvalue weighted by atomic mass is 16.3. The van der Waals surface area contributed by atoms with Crippen LogP contribution in [0.3, 0.4) is 0 Å². The van der Waals surface area contributed by atoms with E-state index in [1.807, 2.05) is 6.92 Å². The SMILES string of the molecule is CCC(C)=O.CO.O=CO. The van der Waals surface area contributed by atoms with E-state index in [1.165, 1.54) is 0 Å². The summed E-state index contributed by atoms with van der Waals surface area (Å²) in [6.07, 6.45) is 0.667. The van der Waals surface area contributed by atoms with E-state index in [2.05, 4.69) is 0 Å². The number of Topliss-reactive ketones (excluding diaryl/α,β-unsaturated/α-hetero) is 1. The highest BCUT2D eigenvalue weighted by Crippen LogP contribution is 1.71. The normalized spacial score (nSPS) is 5.60. The number of carbonyl (C=O) groups excluding carboxylic acids is 1. The van der Waals surface area contributed by atoms with Crippen molar-refractivity contribution in [3.8, 4) is 0 Å². The molecule has 0 spiro atoms. The first-order valence-electron chi connectivity index (χ1n) is 2.71. The first-order valence-corrected chi connectivity index (χ1v) is 2.71. The molecule has 4 nitrogen and oxygen atoms in total. The highest BCUT2D eigenvalue weighted by molar-refractivity contribution is 5.74. The molecule has 0 aromatic carbocycles. The molecule has 10 heavy (non-hydrogen) atoms. The van der Waals surface area contributed by atoms with Gasteiger partial charge in [0.05, 0.1) is 0 Å². The van der Waals surface area contributed by atoms with E-state index >= 15 is 0 Å². The van der Waals surface area contributed by atoms with Crippen molar-refractivity contribution in [2.75, 3.05) is 7.11 Å². The van der Waals surface area contributed by atoms with Gasteiger partial charge >= 0.3 is 0 Å². The molecule has 0 radical (unpaired) electrons. The van der Waals surface area contributed by atoms with Crippen LogP contribution in [0.1, 0.15) is 20.3 Å². The molecule has 2 N–H and O–H groups in total. The van der Waals surface area contributed by atoms with Crippen LogP contribution in [0.5, 0.6) is 0 Å². The summed E-state index contributed by atoms with van der Waals surface area (Å²) in [5.41, 5.74) is 0. The number of aliphatic hydroxyl groups is 1. The van der Waals surface area contributed by atoms with Crippen LogP contribution in [-0.4, -0.2) is 29.6 Å². The Bertz CT molecular complexity index is 70.1. The number of carbonyl (C=O) groups is 2. The molecule has 0 atom stereocenters. The maximum atomic E-state index is 9.81. The Balaban J connectivity index is -0.0000000847. The van der Waals surface area contributed by atoms with E-state index in [4.69, 9.17) is 15.0 Å². The third-order valence-corrected chi connectivity index (χ3v) is 0.498. The maximum absolute atomic E-state index is 9.81. The molecular formula is C6H14O4. The molecule has 0 bridgehead atoms. The quantitative estimate of drug-likeness (QED) is 0.527. The highest BCUT2D eigenvalue weighted by Gasteiger charge is 1.76. The van der Waals surface area contributed by atoms with Crippen molar-refractivity contribution in [1.29, 1.82) is 0 Å². The van der Waals surface area contributed by atoms with Crippen LogP contribution in [0.2, 0.25) is 0 Å². The van der Waals surface area contributed by atoms with Gasteiger partial charge in [-0.3, -0.25) is 4.79 Å². The van der Waals surface area contributed by atoms with Crippen molar-refractivity contribution < 1.29 is 19.8 Å². The van der Waals surface area contributed by atoms with E-state index in [0.717, 1.165) is 7.11 Å². The van der Waals surface area contributed by atoms with Gasteiger partial charge in [-0.1, -0.05) is 6.92 Å². The molecule has 0 aromatic rings. The van der Waals surface area contributed by atoms with E-state index in [9.17, 15) is 4.79 Å². The van der Waals surface area contributed by atoms with Gasteiger partial charge in [0.2, 0.25) is 0 Å². The molecule has 0 amide bonds. The Labute approximate surface area is 60.5 Å². The van der Waals surface area contributed by atoms with Crippen molar-refractivity contribution in [3.05, 3.63) is 0 Å². The Kier molecular flexibility index (Phi) is 39.0. The molecule has 0 heterocycles. The van der Waals surface area contributed by atoms with E-state index in [0.29, 0.717) is 6.42 Å². The summed E-state index contributed by atoms with van der Waals surface area (Å²) in [6, 6.07) is 0. The fourth-order valence-corrected chi connectivity index (χ4v) is 0. The Morgan fingerprint density at radius 2 is 1.60 bits per heavy atom. The minimum absolute atomic E-state index is 0.250. The van der Waals surface area contributed by atoms with E-state index < -0.39 is 0 Å². The lowest BCUT2D eigenvalue weighted by atomic mass is 10.4. The second-order valence-electron chi connectivity index (χ2n) is 1.16. The number of ketones is 1. The van der Waals surface area contributed by atoms with Gasteiger partial charge in [-0.25, -0.2) is 0 Å². The van der Waals surface area contributed by atoms with Crippen LogP contribution < -0.4 is 0 Å². The van der Waals surface area contributed by atoms with Gasteiger partial charge in [0.1, 0.15) is 5.78 Å². The first-order chi connectivity index (χ1) is 4.68. The average molecular weight is 150 g/mol. The molecule has 62 valence electrons. The van der Waals surface area contributed by atoms with Crippen LogP contribution in [-0.2, 0) is 9.59 Å². The Morgan fingerprint density at radius 3 is 1.60 bits per heavy atom. The molecule has 4 heteroatoms. The lowest BCUT2D eigenvalue weighted by Gasteiger charge is -1.71. The van der Waals surface area contributed by atoms with Gasteiger partial charge in [-0.2, -0.15) is 0 Å². The summed E-state index contributed by atoms with van der Waals surface area (Å²) < 4.78 is 0. The van der Waals surface area contributed by atoms with Crippen molar-refractivity contribution >= 4 is 12.3 Å². The van der Waals surface area contributed by atoms with Crippen molar-refractivity contribution in [1.82, 2.24) is 0 Å². The lowest BCUT2D eigenvalue weighted by Crippen LogP contribution is -1.80. The molecule has 0 rings (SSSR count). The van der Waals surface area contributed by atoms with Crippen LogP contribution in [0.15, 0.2) is 0 Å². The fraction of sp³-hybridized carbons (Fsp3) is 0.667. The minimum atomic E-state index is -0.250. The molecule has 0 aliphatic carbocycles. The van der Waals surface area contributed by atoms with E-state index in [1.54, 1.807) is 6.92 Å². The lowest BCUT2D eigenvalue weighted by molar-refractivity contribution is -0.123. The summed E-state index contributed by atoms with van der Waals surface area (Å²) in [5.74, 6) is 0.255. The largest absolute Gasteiger partial charge is 0.483 e. The molecule has 0 aromatic heterocycles. The molecule has 0 aliphatic rings. The van der Waals surface area contributed by atoms with Crippen LogP contribution in [0.4, 0.5) is 0 Å². The standard InChI is InChI=1S/C4H8O.CH2O2.CH4O/c1-3-4(2)5;2-1-3;1-2/h3H2,1-2H3;1H,(H,2,3);2H,1H3. The monoisotopic (exact) mass is 150 g/mol. The summed E-state index contributed by atoms with van der Waals surface area (Å²) in [4.78, 5) is 18.2. The number of carboxylic acid groups (broad SMARTS) is 1. The smallest absolute Gasteiger partial charge is 0.290 e. The van der Waals surface area contributed by atoms with Crippen LogP contribution >= 0.6 is 0 Å². The number of hydrogen-bond acceptors (Lipinski definition) is 3. The summed E-state index contributed by atoms with van der Waals surface area (Å²) in [7, 11) is 1.00. The molecule has 0 fully saturated rings. The summed E-state index contributed by atoms with van der Waals surface area (Å²) in [6.45, 7) is 3.18. The van der Waals surface area contributed by atoms with Crippen molar-refractivity contribution in [3.63, 3.8) is 0 Å². The van der Waals surface area contributed by atoms with Crippen molar-refractivity contribution in [2.24, 2.45) is 0 Å². The fourth-order valence-electron chi connectivity index (χ4n) is 0. The van der Waals surface area contributed by atoms with Gasteiger partial charge < -0.3 is 15.0 Å². The number of rotatable bonds is 1. The summed E-state index contributed by atoms with van der Waals surface area (Å²) >= 11 is 0. The third kappa shape index (κ3) is 218. The van der Waals surface area contributed by atoms with Crippen LogP contribution in [0.25, 0.3) is 0 Å². The Hall–Kier alpha value is -0.900. The molecule has 0 saturated carbocycles. The first kappa shape index (κ1) is 16.0. The molecular weight excluding hydrogens is 136 g/mol. The third-order valence-electron chi connectivity index (χ3n) is 0.498. The maximum Gasteiger partial charge on any atom is 0.290 e. The predicted molar refractivity (Wildman–Crippen MR) is 37.8 cm³/mol. The zero-order valence-corrected chi connectivity index (χ0v) is 6.50. The topological polar surface area (TPSA) is 74.6 Å². The van der Waals surface area contributed by atoms with Gasteiger partial charge in [-0.15, -0.1) is 0 Å². The zero-order chi connectivity index (χ0) is 8.99. The Morgan fingerprint density at radius 1 is 1.50 bits per heavy atom. The van der Waals surface area contributed by atoms with Crippen molar-refractivity contribution in [2.45, 2.75) is 20.3 Å². The number of hydrogen-bond donors (Lipinski definition) is 2. The second-order valence-corrected chi connectivity index (χ2v) is 1.16. The molecule has 0 unspecified atom stereocenters. The molecule has 0 aliphatic heterocycles. The van der Waals surface area contributed by atoms with Crippen LogP contribution in [0, 0.1) is 0 Å². The average Bonchev–Trinajstić information content (AvgIpc) is 1.94. The summed E-state index contributed by atoms with van der Waals surface area (Å²) in [5, 5.41) is 13.9. The van der Waals surface area contributed by atoms with E-state index in [-0.39, 0.29) is 12.3 Å². The van der Waals surface area contributed by atoms with Gasteiger partial charge in [0, 0.05) is 13.5 Å². The molecule has 0 saturated heterocycles. The van der Waals surface area contributed by atoms with Gasteiger partial charge in [0.25, 0.3) is 6.47 Å². The predicted octanol–water partition coefficient (Wildman–Crippen LogP) is 0.295.